The van der Waals surface area contributed by atoms with E-state index >= 15 is 0 Å². The molecule has 0 aliphatic rings. The summed E-state index contributed by atoms with van der Waals surface area (Å²) in [5.74, 6) is 0. The van der Waals surface area contributed by atoms with E-state index in [0.29, 0.717) is 0 Å². The van der Waals surface area contributed by atoms with Gasteiger partial charge in [0.1, 0.15) is 0 Å². The maximum absolute atomic E-state index is 3.56. The van der Waals surface area contributed by atoms with E-state index in [1.54, 1.807) is 6.08 Å². The van der Waals surface area contributed by atoms with Gasteiger partial charge in [0.05, 0.1) is 0 Å². The van der Waals surface area contributed by atoms with E-state index in [9.17, 15) is 0 Å². The van der Waals surface area contributed by atoms with Crippen molar-refractivity contribution in [1.82, 2.24) is 0 Å². The molecule has 0 heterocycles. The minimum atomic E-state index is 0. The summed E-state index contributed by atoms with van der Waals surface area (Å²) in [6, 6.07) is 0. The van der Waals surface area contributed by atoms with Crippen molar-refractivity contribution < 1.29 is 0 Å². The van der Waals surface area contributed by atoms with E-state index < -0.39 is 0 Å². The molecule has 0 N–H and O–H groups in total. The van der Waals surface area contributed by atoms with Gasteiger partial charge in [-0.15, -0.1) is 67.9 Å². The molecule has 0 nitrogen and oxygen atoms in total. The SMILES string of the molecule is Br.Br.Br.Br.C=CC(=C)C. The third-order valence-corrected chi connectivity index (χ3v) is 0.348. The number of hydrogen-bond acceptors (Lipinski definition) is 0. The van der Waals surface area contributed by atoms with E-state index in [2.05, 4.69) is 13.2 Å². The van der Waals surface area contributed by atoms with Gasteiger partial charge in [-0.05, 0) is 6.92 Å². The third kappa shape index (κ3) is 44.5. The summed E-state index contributed by atoms with van der Waals surface area (Å²) in [5, 5.41) is 0. The first kappa shape index (κ1) is 31.5. The second-order valence-electron chi connectivity index (χ2n) is 1.05. The van der Waals surface area contributed by atoms with Crippen LogP contribution >= 0.6 is 67.9 Å². The predicted octanol–water partition coefficient (Wildman–Crippen LogP) is 4.06. The van der Waals surface area contributed by atoms with E-state index in [-0.39, 0.29) is 67.9 Å². The molecule has 0 aromatic heterocycles. The van der Waals surface area contributed by atoms with E-state index in [1.165, 1.54) is 0 Å². The van der Waals surface area contributed by atoms with Crippen molar-refractivity contribution in [3.8, 4) is 0 Å². The second-order valence-corrected chi connectivity index (χ2v) is 1.05. The first-order valence-corrected chi connectivity index (χ1v) is 1.55. The Labute approximate surface area is 98.9 Å². The van der Waals surface area contributed by atoms with Crippen molar-refractivity contribution in [3.05, 3.63) is 24.8 Å². The molecule has 60 valence electrons. The summed E-state index contributed by atoms with van der Waals surface area (Å²) in [6.45, 7) is 8.93. The number of halogens is 4. The van der Waals surface area contributed by atoms with Gasteiger partial charge in [0, 0.05) is 0 Å². The summed E-state index contributed by atoms with van der Waals surface area (Å²) in [6.07, 6.45) is 1.72. The summed E-state index contributed by atoms with van der Waals surface area (Å²) in [7, 11) is 0. The molecule has 0 bridgehead atoms. The second kappa shape index (κ2) is 22.7. The highest BCUT2D eigenvalue weighted by Gasteiger charge is 1.59. The topological polar surface area (TPSA) is 0 Å². The summed E-state index contributed by atoms with van der Waals surface area (Å²) >= 11 is 0. The van der Waals surface area contributed by atoms with Gasteiger partial charge in [-0.2, -0.15) is 0 Å². The molecule has 0 atom stereocenters. The molecule has 0 saturated carbocycles. The van der Waals surface area contributed by atoms with E-state index in [1.807, 2.05) is 6.92 Å². The van der Waals surface area contributed by atoms with Crippen LogP contribution in [0.15, 0.2) is 24.8 Å². The molecule has 0 aliphatic carbocycles. The van der Waals surface area contributed by atoms with Gasteiger partial charge in [-0.1, -0.05) is 24.8 Å². The highest BCUT2D eigenvalue weighted by Crippen LogP contribution is 1.81. The quantitative estimate of drug-likeness (QED) is 0.591. The van der Waals surface area contributed by atoms with Gasteiger partial charge in [-0.25, -0.2) is 0 Å². The van der Waals surface area contributed by atoms with Crippen LogP contribution in [0.3, 0.4) is 0 Å². The van der Waals surface area contributed by atoms with Crippen LogP contribution in [0.1, 0.15) is 6.92 Å². The van der Waals surface area contributed by atoms with Crippen LogP contribution in [0, 0.1) is 0 Å². The highest BCUT2D eigenvalue weighted by atomic mass is 79.9. The largest absolute Gasteiger partial charge is 0.114 e. The maximum Gasteiger partial charge on any atom is -0.0404 e. The fraction of sp³-hybridized carbons (Fsp3) is 0.200. The third-order valence-electron chi connectivity index (χ3n) is 0.348. The molecule has 0 spiro atoms. The van der Waals surface area contributed by atoms with Crippen LogP contribution in [0.4, 0.5) is 0 Å². The van der Waals surface area contributed by atoms with Gasteiger partial charge in [0.15, 0.2) is 0 Å². The molecule has 0 aliphatic heterocycles. The molecule has 0 rings (SSSR count). The van der Waals surface area contributed by atoms with Crippen LogP contribution < -0.4 is 0 Å². The zero-order valence-corrected chi connectivity index (χ0v) is 12.0. The van der Waals surface area contributed by atoms with Crippen molar-refractivity contribution in [2.45, 2.75) is 6.92 Å². The predicted molar refractivity (Wildman–Crippen MR) is 66.3 cm³/mol. The van der Waals surface area contributed by atoms with E-state index in [4.69, 9.17) is 0 Å². The highest BCUT2D eigenvalue weighted by molar-refractivity contribution is 8.93. The molecule has 0 fully saturated rings. The van der Waals surface area contributed by atoms with Crippen molar-refractivity contribution in [2.75, 3.05) is 0 Å². The molecule has 0 saturated heterocycles. The summed E-state index contributed by atoms with van der Waals surface area (Å²) in [5.41, 5.74) is 1.02. The standard InChI is InChI=1S/C5H8.4BrH/c1-4-5(2)3;;;;/h4H,1-2H2,3H3;4*1H. The van der Waals surface area contributed by atoms with Crippen LogP contribution in [0.25, 0.3) is 0 Å². The van der Waals surface area contributed by atoms with Crippen molar-refractivity contribution >= 4 is 67.9 Å². The Morgan fingerprint density at radius 1 is 1.11 bits per heavy atom. The Balaban J connectivity index is -0.0000000133. The zero-order chi connectivity index (χ0) is 4.28. The minimum Gasteiger partial charge on any atom is -0.114 e. The molecule has 0 aromatic rings. The molecule has 9 heavy (non-hydrogen) atoms. The molecular formula is C5H12Br4. The summed E-state index contributed by atoms with van der Waals surface area (Å²) in [4.78, 5) is 0. The molecule has 0 radical (unpaired) electrons. The minimum absolute atomic E-state index is 0. The molecule has 4 heteroatoms. The first-order valence-electron chi connectivity index (χ1n) is 1.55. The number of rotatable bonds is 1. The lowest BCUT2D eigenvalue weighted by Gasteiger charge is -1.71. The monoisotopic (exact) mass is 388 g/mol. The fourth-order valence-corrected chi connectivity index (χ4v) is 0. The molecule has 0 aromatic carbocycles. The Hall–Kier alpha value is 1.40. The molecule has 0 unspecified atom stereocenters. The van der Waals surface area contributed by atoms with Gasteiger partial charge < -0.3 is 0 Å². The van der Waals surface area contributed by atoms with E-state index in [0.717, 1.165) is 5.57 Å². The van der Waals surface area contributed by atoms with Crippen molar-refractivity contribution in [2.24, 2.45) is 0 Å². The van der Waals surface area contributed by atoms with Crippen LogP contribution in [-0.2, 0) is 0 Å². The zero-order valence-electron chi connectivity index (χ0n) is 5.12. The van der Waals surface area contributed by atoms with Crippen molar-refractivity contribution in [3.63, 3.8) is 0 Å². The maximum atomic E-state index is 3.56. The van der Waals surface area contributed by atoms with Crippen LogP contribution in [-0.4, -0.2) is 0 Å². The Bertz CT molecular complexity index is 60.0. The molecular weight excluding hydrogens is 380 g/mol. The van der Waals surface area contributed by atoms with Gasteiger partial charge >= 0.3 is 0 Å². The van der Waals surface area contributed by atoms with Gasteiger partial charge in [0.2, 0.25) is 0 Å². The summed E-state index contributed by atoms with van der Waals surface area (Å²) < 4.78 is 0. The lowest BCUT2D eigenvalue weighted by Crippen LogP contribution is -1.50. The number of hydrogen-bond donors (Lipinski definition) is 0. The van der Waals surface area contributed by atoms with Crippen LogP contribution in [0.2, 0.25) is 0 Å². The van der Waals surface area contributed by atoms with Crippen molar-refractivity contribution in [1.29, 1.82) is 0 Å². The Kier molecular flexibility index (Phi) is 79.6. The van der Waals surface area contributed by atoms with Gasteiger partial charge in [-0.3, -0.25) is 0 Å². The lowest BCUT2D eigenvalue weighted by molar-refractivity contribution is 1.58. The molecule has 0 amide bonds. The Morgan fingerprint density at radius 3 is 1.22 bits per heavy atom. The normalized spacial score (nSPS) is 3.67. The number of allylic oxidation sites excluding steroid dienone is 2. The van der Waals surface area contributed by atoms with Crippen LogP contribution in [0.5, 0.6) is 0 Å². The average molecular weight is 392 g/mol. The van der Waals surface area contributed by atoms with Gasteiger partial charge in [0.25, 0.3) is 0 Å². The first-order chi connectivity index (χ1) is 2.27. The smallest absolute Gasteiger partial charge is 0.0404 e. The Morgan fingerprint density at radius 2 is 1.22 bits per heavy atom. The fourth-order valence-electron chi connectivity index (χ4n) is 0. The average Bonchev–Trinajstić information content (AvgIpc) is 1.38. The lowest BCUT2D eigenvalue weighted by atomic mass is 10.4.